The monoisotopic (exact) mass is 411 g/mol. The Morgan fingerprint density at radius 2 is 1.75 bits per heavy atom. The molecule has 2 amide bonds. The molecule has 156 valence electrons. The normalized spacial score (nSPS) is 15.9. The van der Waals surface area contributed by atoms with Gasteiger partial charge in [-0.25, -0.2) is 17.9 Å². The maximum Gasteiger partial charge on any atom is 0.410 e. The van der Waals surface area contributed by atoms with Crippen LogP contribution in [0.5, 0.6) is 0 Å². The fraction of sp³-hybridized carbons (Fsp3) is 0.579. The van der Waals surface area contributed by atoms with Crippen LogP contribution in [-0.2, 0) is 19.6 Å². The number of nitrogens with zero attached hydrogens (tertiary/aromatic N) is 1. The molecule has 0 bridgehead atoms. The first-order valence-electron chi connectivity index (χ1n) is 9.39. The summed E-state index contributed by atoms with van der Waals surface area (Å²) in [5.74, 6) is -0.216. The molecular weight excluding hydrogens is 382 g/mol. The number of nitrogens with one attached hydrogen (secondary N) is 2. The largest absolute Gasteiger partial charge is 0.444 e. The second-order valence-electron chi connectivity index (χ2n) is 7.77. The van der Waals surface area contributed by atoms with Crippen molar-refractivity contribution in [1.29, 1.82) is 0 Å². The molecule has 0 aromatic heterocycles. The number of ether oxygens (including phenoxy) is 1. The highest BCUT2D eigenvalue weighted by atomic mass is 32.2. The number of likely N-dealkylation sites (tertiary alicyclic amines) is 1. The third-order valence-electron chi connectivity index (χ3n) is 4.21. The Hall–Kier alpha value is -2.13. The highest BCUT2D eigenvalue weighted by molar-refractivity contribution is 7.89. The molecule has 0 unspecified atom stereocenters. The maximum absolute atomic E-state index is 12.1. The molecule has 28 heavy (non-hydrogen) atoms. The number of hydrogen-bond acceptors (Lipinski definition) is 5. The first-order valence-corrected chi connectivity index (χ1v) is 10.9. The van der Waals surface area contributed by atoms with E-state index in [-0.39, 0.29) is 35.9 Å². The van der Waals surface area contributed by atoms with Gasteiger partial charge in [-0.05, 0) is 45.7 Å². The van der Waals surface area contributed by atoms with Crippen LogP contribution in [-0.4, -0.2) is 56.6 Å². The molecule has 0 spiro atoms. The third-order valence-corrected chi connectivity index (χ3v) is 5.69. The third kappa shape index (κ3) is 7.12. The molecule has 0 aliphatic carbocycles. The van der Waals surface area contributed by atoms with Gasteiger partial charge in [-0.3, -0.25) is 4.79 Å². The summed E-state index contributed by atoms with van der Waals surface area (Å²) in [6, 6.07) is 8.00. The van der Waals surface area contributed by atoms with Crippen molar-refractivity contribution >= 4 is 22.0 Å². The van der Waals surface area contributed by atoms with Crippen molar-refractivity contribution in [3.63, 3.8) is 0 Å². The van der Waals surface area contributed by atoms with Crippen molar-refractivity contribution in [2.24, 2.45) is 0 Å². The highest BCUT2D eigenvalue weighted by Crippen LogP contribution is 2.15. The molecule has 9 heteroatoms. The van der Waals surface area contributed by atoms with Gasteiger partial charge in [0.1, 0.15) is 5.60 Å². The number of hydrogen-bond donors (Lipinski definition) is 2. The maximum atomic E-state index is 12.1. The Kier molecular flexibility index (Phi) is 7.42. The zero-order valence-electron chi connectivity index (χ0n) is 16.6. The Labute approximate surface area is 166 Å². The van der Waals surface area contributed by atoms with E-state index in [1.807, 2.05) is 20.8 Å². The average Bonchev–Trinajstić information content (AvgIpc) is 2.61. The summed E-state index contributed by atoms with van der Waals surface area (Å²) in [4.78, 5) is 25.9. The quantitative estimate of drug-likeness (QED) is 0.744. The molecule has 8 nitrogen and oxygen atoms in total. The molecule has 0 atom stereocenters. The topological polar surface area (TPSA) is 105 Å². The van der Waals surface area contributed by atoms with E-state index in [4.69, 9.17) is 4.74 Å². The van der Waals surface area contributed by atoms with Crippen LogP contribution in [0, 0.1) is 0 Å². The number of carbonyl (C=O) groups excluding carboxylic acids is 2. The standard InChI is InChI=1S/C19H29N3O5S/c1-19(2,3)27-18(24)22-13-10-15(11-14-22)21-17(23)9-12-20-28(25,26)16-7-5-4-6-8-16/h4-8,15,20H,9-14H2,1-3H3,(H,21,23). The van der Waals surface area contributed by atoms with Crippen molar-refractivity contribution in [2.45, 2.75) is 56.6 Å². The van der Waals surface area contributed by atoms with Crippen molar-refractivity contribution < 1.29 is 22.7 Å². The van der Waals surface area contributed by atoms with Crippen molar-refractivity contribution in [1.82, 2.24) is 14.9 Å². The van der Waals surface area contributed by atoms with Gasteiger partial charge in [-0.15, -0.1) is 0 Å². The molecule has 1 fully saturated rings. The van der Waals surface area contributed by atoms with Gasteiger partial charge in [0.15, 0.2) is 0 Å². The first kappa shape index (κ1) is 22.2. The summed E-state index contributed by atoms with van der Waals surface area (Å²) in [6.45, 7) is 6.53. The van der Waals surface area contributed by atoms with Crippen LogP contribution in [0.4, 0.5) is 4.79 Å². The Bertz CT molecular complexity index is 767. The van der Waals surface area contributed by atoms with Gasteiger partial charge >= 0.3 is 6.09 Å². The van der Waals surface area contributed by atoms with E-state index in [1.165, 1.54) is 12.1 Å². The summed E-state index contributed by atoms with van der Waals surface area (Å²) in [6.07, 6.45) is 0.993. The molecule has 1 aliphatic heterocycles. The van der Waals surface area contributed by atoms with E-state index in [9.17, 15) is 18.0 Å². The number of rotatable bonds is 6. The smallest absolute Gasteiger partial charge is 0.410 e. The summed E-state index contributed by atoms with van der Waals surface area (Å²) >= 11 is 0. The van der Waals surface area contributed by atoms with E-state index in [1.54, 1.807) is 23.1 Å². The second-order valence-corrected chi connectivity index (χ2v) is 9.54. The molecule has 2 N–H and O–H groups in total. The number of sulfonamides is 1. The second kappa shape index (κ2) is 9.38. The molecular formula is C19H29N3O5S. The number of piperidine rings is 1. The van der Waals surface area contributed by atoms with Gasteiger partial charge in [-0.1, -0.05) is 18.2 Å². The highest BCUT2D eigenvalue weighted by Gasteiger charge is 2.27. The minimum absolute atomic E-state index is 0.0276. The Morgan fingerprint density at radius 1 is 1.14 bits per heavy atom. The van der Waals surface area contributed by atoms with Gasteiger partial charge in [0.2, 0.25) is 15.9 Å². The number of benzene rings is 1. The molecule has 1 aromatic carbocycles. The minimum atomic E-state index is -3.61. The molecule has 1 aliphatic rings. The molecule has 0 saturated carbocycles. The molecule has 2 rings (SSSR count). The first-order chi connectivity index (χ1) is 13.1. The van der Waals surface area contributed by atoms with Crippen LogP contribution in [0.1, 0.15) is 40.0 Å². The van der Waals surface area contributed by atoms with Crippen molar-refractivity contribution in [2.75, 3.05) is 19.6 Å². The van der Waals surface area contributed by atoms with Crippen LogP contribution in [0.25, 0.3) is 0 Å². The zero-order valence-corrected chi connectivity index (χ0v) is 17.4. The van der Waals surface area contributed by atoms with Crippen LogP contribution in [0.15, 0.2) is 35.2 Å². The molecule has 1 saturated heterocycles. The predicted octanol–water partition coefficient (Wildman–Crippen LogP) is 1.87. The minimum Gasteiger partial charge on any atom is -0.444 e. The van der Waals surface area contributed by atoms with E-state index >= 15 is 0 Å². The van der Waals surface area contributed by atoms with E-state index in [0.29, 0.717) is 25.9 Å². The van der Waals surface area contributed by atoms with Crippen LogP contribution in [0.3, 0.4) is 0 Å². The van der Waals surface area contributed by atoms with Gasteiger partial charge < -0.3 is 15.0 Å². The van der Waals surface area contributed by atoms with Gasteiger partial charge in [0.25, 0.3) is 0 Å². The molecule has 0 radical (unpaired) electrons. The van der Waals surface area contributed by atoms with E-state index in [0.717, 1.165) is 0 Å². The van der Waals surface area contributed by atoms with Gasteiger partial charge in [0.05, 0.1) is 4.90 Å². The lowest BCUT2D eigenvalue weighted by Gasteiger charge is -2.33. The Morgan fingerprint density at radius 3 is 2.32 bits per heavy atom. The van der Waals surface area contributed by atoms with Crippen LogP contribution in [0.2, 0.25) is 0 Å². The number of amides is 2. The van der Waals surface area contributed by atoms with Crippen molar-refractivity contribution in [3.05, 3.63) is 30.3 Å². The zero-order chi connectivity index (χ0) is 20.8. The summed E-state index contributed by atoms with van der Waals surface area (Å²) in [5, 5.41) is 2.90. The Balaban J connectivity index is 1.70. The van der Waals surface area contributed by atoms with Gasteiger partial charge in [-0.2, -0.15) is 0 Å². The molecule has 1 aromatic rings. The van der Waals surface area contributed by atoms with Crippen molar-refractivity contribution in [3.8, 4) is 0 Å². The fourth-order valence-corrected chi connectivity index (χ4v) is 3.87. The SMILES string of the molecule is CC(C)(C)OC(=O)N1CCC(NC(=O)CCNS(=O)(=O)c2ccccc2)CC1. The summed E-state index contributed by atoms with van der Waals surface area (Å²) < 4.78 is 32.0. The van der Waals surface area contributed by atoms with Gasteiger partial charge in [0, 0.05) is 32.1 Å². The lowest BCUT2D eigenvalue weighted by molar-refractivity contribution is -0.121. The summed E-state index contributed by atoms with van der Waals surface area (Å²) in [7, 11) is -3.61. The lowest BCUT2D eigenvalue weighted by Crippen LogP contribution is -2.48. The van der Waals surface area contributed by atoms with E-state index < -0.39 is 15.6 Å². The fourth-order valence-electron chi connectivity index (χ4n) is 2.81. The van der Waals surface area contributed by atoms with E-state index in [2.05, 4.69) is 10.0 Å². The lowest BCUT2D eigenvalue weighted by atomic mass is 10.1. The number of carbonyl (C=O) groups is 2. The molecule has 1 heterocycles. The predicted molar refractivity (Wildman–Crippen MR) is 105 cm³/mol. The van der Waals surface area contributed by atoms with Crippen LogP contribution < -0.4 is 10.0 Å². The average molecular weight is 412 g/mol. The summed E-state index contributed by atoms with van der Waals surface area (Å²) in [5.41, 5.74) is -0.533. The van der Waals surface area contributed by atoms with Crippen LogP contribution >= 0.6 is 0 Å².